The molecule has 0 aliphatic carbocycles. The topological polar surface area (TPSA) is 57.2 Å². The third-order valence-corrected chi connectivity index (χ3v) is 3.41. The number of rotatable bonds is 5. The summed E-state index contributed by atoms with van der Waals surface area (Å²) < 4.78 is 5.05. The van der Waals surface area contributed by atoms with Crippen LogP contribution in [0.4, 0.5) is 0 Å². The monoisotopic (exact) mass is 412 g/mol. The molecule has 1 aliphatic rings. The van der Waals surface area contributed by atoms with Crippen molar-refractivity contribution in [2.75, 3.05) is 54.0 Å². The molecule has 1 fully saturated rings. The number of nitrogens with one attached hydrogen (secondary N) is 1. The first-order valence-corrected chi connectivity index (χ1v) is 7.27. The molecule has 124 valence electrons. The van der Waals surface area contributed by atoms with Gasteiger partial charge in [0.1, 0.15) is 6.54 Å². The summed E-state index contributed by atoms with van der Waals surface area (Å²) in [6.45, 7) is 5.77. The van der Waals surface area contributed by atoms with Gasteiger partial charge in [-0.25, -0.2) is 4.99 Å². The standard InChI is InChI=1S/C14H28N4O2.HI/c1-12-6-5-8-18(11-12)14(15-7-9-20-4)16-10-13(19)17(2)3;/h12H,5-11H2,1-4H3,(H,15,16);1H. The molecule has 1 atom stereocenters. The molecule has 1 N–H and O–H groups in total. The second-order valence-corrected chi connectivity index (χ2v) is 5.54. The average Bonchev–Trinajstić information content (AvgIpc) is 2.42. The molecule has 1 unspecified atom stereocenters. The fourth-order valence-electron chi connectivity index (χ4n) is 2.20. The van der Waals surface area contributed by atoms with Crippen LogP contribution >= 0.6 is 24.0 Å². The number of halogens is 1. The molecule has 6 nitrogen and oxygen atoms in total. The Labute approximate surface area is 145 Å². The van der Waals surface area contributed by atoms with Crippen LogP contribution in [0.15, 0.2) is 4.99 Å². The van der Waals surface area contributed by atoms with E-state index in [9.17, 15) is 4.79 Å². The van der Waals surface area contributed by atoms with E-state index in [1.165, 1.54) is 12.8 Å². The van der Waals surface area contributed by atoms with E-state index in [4.69, 9.17) is 4.74 Å². The fourth-order valence-corrected chi connectivity index (χ4v) is 2.20. The molecule has 1 heterocycles. The first-order chi connectivity index (χ1) is 9.54. The molecule has 0 aromatic carbocycles. The van der Waals surface area contributed by atoms with E-state index in [-0.39, 0.29) is 36.4 Å². The van der Waals surface area contributed by atoms with Crippen molar-refractivity contribution in [3.8, 4) is 0 Å². The molecule has 0 aromatic heterocycles. The van der Waals surface area contributed by atoms with Gasteiger partial charge in [-0.1, -0.05) is 6.92 Å². The predicted molar refractivity (Wildman–Crippen MR) is 96.3 cm³/mol. The molecule has 0 saturated carbocycles. The first kappa shape index (κ1) is 20.4. The van der Waals surface area contributed by atoms with Crippen molar-refractivity contribution in [1.29, 1.82) is 0 Å². The van der Waals surface area contributed by atoms with Crippen molar-refractivity contribution < 1.29 is 9.53 Å². The quantitative estimate of drug-likeness (QED) is 0.317. The lowest BCUT2D eigenvalue weighted by molar-refractivity contribution is -0.127. The summed E-state index contributed by atoms with van der Waals surface area (Å²) in [6, 6.07) is 0. The van der Waals surface area contributed by atoms with Gasteiger partial charge in [-0.05, 0) is 18.8 Å². The largest absolute Gasteiger partial charge is 0.383 e. The maximum atomic E-state index is 11.7. The Kier molecular flexibility index (Phi) is 10.8. The number of nitrogens with zero attached hydrogens (tertiary/aromatic N) is 3. The number of piperidine rings is 1. The maximum Gasteiger partial charge on any atom is 0.243 e. The highest BCUT2D eigenvalue weighted by Gasteiger charge is 2.19. The number of hydrogen-bond acceptors (Lipinski definition) is 3. The lowest BCUT2D eigenvalue weighted by atomic mass is 10.0. The highest BCUT2D eigenvalue weighted by Crippen LogP contribution is 2.15. The lowest BCUT2D eigenvalue weighted by Gasteiger charge is -2.33. The van der Waals surface area contributed by atoms with Crippen LogP contribution in [0.25, 0.3) is 0 Å². The number of methoxy groups -OCH3 is 1. The van der Waals surface area contributed by atoms with E-state index in [1.807, 2.05) is 0 Å². The number of hydrogen-bond donors (Lipinski definition) is 1. The predicted octanol–water partition coefficient (Wildman–Crippen LogP) is 1.02. The van der Waals surface area contributed by atoms with E-state index in [1.54, 1.807) is 26.1 Å². The van der Waals surface area contributed by atoms with Crippen molar-refractivity contribution in [2.45, 2.75) is 19.8 Å². The zero-order valence-corrected chi connectivity index (χ0v) is 15.9. The highest BCUT2D eigenvalue weighted by molar-refractivity contribution is 14.0. The van der Waals surface area contributed by atoms with Crippen LogP contribution in [-0.2, 0) is 9.53 Å². The number of aliphatic imine (C=N–C) groups is 1. The van der Waals surface area contributed by atoms with Crippen molar-refractivity contribution in [1.82, 2.24) is 15.1 Å². The molecule has 7 heteroatoms. The molecule has 21 heavy (non-hydrogen) atoms. The van der Waals surface area contributed by atoms with E-state index in [0.29, 0.717) is 19.1 Å². The van der Waals surface area contributed by atoms with Crippen LogP contribution in [-0.4, -0.2) is 75.7 Å². The van der Waals surface area contributed by atoms with Crippen LogP contribution < -0.4 is 5.32 Å². The molecular formula is C14H29IN4O2. The van der Waals surface area contributed by atoms with Gasteiger partial charge >= 0.3 is 0 Å². The summed E-state index contributed by atoms with van der Waals surface area (Å²) in [7, 11) is 5.18. The van der Waals surface area contributed by atoms with Gasteiger partial charge in [-0.15, -0.1) is 24.0 Å². The summed E-state index contributed by atoms with van der Waals surface area (Å²) >= 11 is 0. The lowest BCUT2D eigenvalue weighted by Crippen LogP contribution is -2.47. The van der Waals surface area contributed by atoms with Crippen LogP contribution in [0, 0.1) is 5.92 Å². The normalized spacial score (nSPS) is 19.0. The van der Waals surface area contributed by atoms with E-state index >= 15 is 0 Å². The van der Waals surface area contributed by atoms with Crippen LogP contribution in [0.5, 0.6) is 0 Å². The van der Waals surface area contributed by atoms with Crippen molar-refractivity contribution in [3.05, 3.63) is 0 Å². The van der Waals surface area contributed by atoms with Gasteiger partial charge in [-0.3, -0.25) is 4.79 Å². The minimum absolute atomic E-state index is 0. The van der Waals surface area contributed by atoms with E-state index in [2.05, 4.69) is 22.1 Å². The Morgan fingerprint density at radius 2 is 2.19 bits per heavy atom. The summed E-state index contributed by atoms with van der Waals surface area (Å²) in [5.41, 5.74) is 0. The number of carbonyl (C=O) groups is 1. The molecule has 1 saturated heterocycles. The Morgan fingerprint density at radius 3 is 2.76 bits per heavy atom. The van der Waals surface area contributed by atoms with Crippen LogP contribution in [0.2, 0.25) is 0 Å². The Hall–Kier alpha value is -0.570. The summed E-state index contributed by atoms with van der Waals surface area (Å²) in [6.07, 6.45) is 2.44. The molecule has 0 aromatic rings. The average molecular weight is 412 g/mol. The van der Waals surface area contributed by atoms with E-state index in [0.717, 1.165) is 19.0 Å². The summed E-state index contributed by atoms with van der Waals surface area (Å²) in [5.74, 6) is 1.51. The minimum atomic E-state index is 0. The maximum absolute atomic E-state index is 11.7. The number of amides is 1. The Bertz CT molecular complexity index is 337. The SMILES string of the molecule is COCCNC(=NCC(=O)N(C)C)N1CCCC(C)C1.I. The molecule has 0 radical (unpaired) electrons. The second kappa shape index (κ2) is 11.1. The van der Waals surface area contributed by atoms with Gasteiger partial charge in [0.2, 0.25) is 5.91 Å². The third kappa shape index (κ3) is 7.85. The minimum Gasteiger partial charge on any atom is -0.383 e. The molecule has 1 amide bonds. The van der Waals surface area contributed by atoms with Crippen molar-refractivity contribution in [3.63, 3.8) is 0 Å². The van der Waals surface area contributed by atoms with Gasteiger partial charge in [0.15, 0.2) is 5.96 Å². The summed E-state index contributed by atoms with van der Waals surface area (Å²) in [4.78, 5) is 19.9. The van der Waals surface area contributed by atoms with Gasteiger partial charge in [0.25, 0.3) is 0 Å². The Balaban J connectivity index is 0.00000400. The van der Waals surface area contributed by atoms with Crippen molar-refractivity contribution >= 4 is 35.8 Å². The molecule has 0 spiro atoms. The number of carbonyl (C=O) groups excluding carboxylic acids is 1. The third-order valence-electron chi connectivity index (χ3n) is 3.41. The number of likely N-dealkylation sites (tertiary alicyclic amines) is 1. The molecule has 0 bridgehead atoms. The molecule has 1 aliphatic heterocycles. The van der Waals surface area contributed by atoms with Crippen LogP contribution in [0.3, 0.4) is 0 Å². The van der Waals surface area contributed by atoms with Gasteiger partial charge in [-0.2, -0.15) is 0 Å². The zero-order chi connectivity index (χ0) is 15.0. The number of guanidine groups is 1. The zero-order valence-electron chi connectivity index (χ0n) is 13.6. The fraction of sp³-hybridized carbons (Fsp3) is 0.857. The summed E-state index contributed by atoms with van der Waals surface area (Å²) in [5, 5.41) is 3.29. The van der Waals surface area contributed by atoms with E-state index < -0.39 is 0 Å². The van der Waals surface area contributed by atoms with Gasteiger partial charge in [0.05, 0.1) is 6.61 Å². The van der Waals surface area contributed by atoms with Crippen LogP contribution in [0.1, 0.15) is 19.8 Å². The molecular weight excluding hydrogens is 383 g/mol. The van der Waals surface area contributed by atoms with Crippen molar-refractivity contribution in [2.24, 2.45) is 10.9 Å². The highest BCUT2D eigenvalue weighted by atomic mass is 127. The molecule has 1 rings (SSSR count). The Morgan fingerprint density at radius 1 is 1.48 bits per heavy atom. The van der Waals surface area contributed by atoms with Gasteiger partial charge in [0, 0.05) is 40.8 Å². The van der Waals surface area contributed by atoms with Gasteiger partial charge < -0.3 is 19.9 Å². The smallest absolute Gasteiger partial charge is 0.243 e. The first-order valence-electron chi connectivity index (χ1n) is 7.27. The number of ether oxygens (including phenoxy) is 1. The number of likely N-dealkylation sites (N-methyl/N-ethyl adjacent to an activating group) is 1. The second-order valence-electron chi connectivity index (χ2n) is 5.54.